The number of hydrogen-bond donors (Lipinski definition) is 1. The Morgan fingerprint density at radius 3 is 2.68 bits per heavy atom. The highest BCUT2D eigenvalue weighted by molar-refractivity contribution is 5.24. The number of aromatic nitrogens is 4. The molecule has 0 atom stereocenters. The van der Waals surface area contributed by atoms with Gasteiger partial charge in [-0.25, -0.2) is 0 Å². The first-order valence-corrected chi connectivity index (χ1v) is 6.64. The van der Waals surface area contributed by atoms with Gasteiger partial charge in [-0.05, 0) is 26.8 Å². The van der Waals surface area contributed by atoms with E-state index in [0.717, 1.165) is 30.9 Å². The summed E-state index contributed by atoms with van der Waals surface area (Å²) in [5.41, 5.74) is 3.47. The summed E-state index contributed by atoms with van der Waals surface area (Å²) in [7, 11) is 0. The van der Waals surface area contributed by atoms with Gasteiger partial charge in [0, 0.05) is 24.7 Å². The van der Waals surface area contributed by atoms with Crippen molar-refractivity contribution in [2.75, 3.05) is 6.54 Å². The molecule has 0 fully saturated rings. The largest absolute Gasteiger partial charge is 0.340 e. The van der Waals surface area contributed by atoms with Crippen molar-refractivity contribution in [2.24, 2.45) is 0 Å². The Balaban J connectivity index is 2.11. The van der Waals surface area contributed by atoms with Crippen LogP contribution in [-0.2, 0) is 13.1 Å². The molecule has 0 unspecified atom stereocenters. The summed E-state index contributed by atoms with van der Waals surface area (Å²) in [6.07, 6.45) is 1.13. The van der Waals surface area contributed by atoms with Gasteiger partial charge in [0.15, 0.2) is 5.82 Å². The molecular weight excluding hydrogens is 242 g/mol. The van der Waals surface area contributed by atoms with E-state index in [4.69, 9.17) is 4.52 Å². The molecule has 0 bridgehead atoms. The van der Waals surface area contributed by atoms with Crippen LogP contribution in [0.4, 0.5) is 0 Å². The van der Waals surface area contributed by atoms with Gasteiger partial charge in [0.1, 0.15) is 6.54 Å². The van der Waals surface area contributed by atoms with Gasteiger partial charge in [-0.2, -0.15) is 10.1 Å². The Kier molecular flexibility index (Phi) is 4.31. The monoisotopic (exact) mass is 263 g/mol. The van der Waals surface area contributed by atoms with E-state index < -0.39 is 0 Å². The third-order valence-electron chi connectivity index (χ3n) is 3.12. The molecule has 0 radical (unpaired) electrons. The molecule has 104 valence electrons. The van der Waals surface area contributed by atoms with Crippen LogP contribution in [0.25, 0.3) is 0 Å². The Morgan fingerprint density at radius 1 is 1.26 bits per heavy atom. The fourth-order valence-electron chi connectivity index (χ4n) is 2.07. The smallest absolute Gasteiger partial charge is 0.223 e. The predicted octanol–water partition coefficient (Wildman–Crippen LogP) is 1.74. The van der Waals surface area contributed by atoms with E-state index >= 15 is 0 Å². The zero-order chi connectivity index (χ0) is 13.8. The van der Waals surface area contributed by atoms with E-state index in [-0.39, 0.29) is 0 Å². The summed E-state index contributed by atoms with van der Waals surface area (Å²) < 4.78 is 6.91. The molecule has 2 aromatic heterocycles. The van der Waals surface area contributed by atoms with Crippen molar-refractivity contribution in [1.29, 1.82) is 0 Å². The molecule has 0 aliphatic heterocycles. The van der Waals surface area contributed by atoms with Crippen LogP contribution < -0.4 is 5.32 Å². The lowest BCUT2D eigenvalue weighted by atomic mass is 10.2. The minimum absolute atomic E-state index is 0.553. The highest BCUT2D eigenvalue weighted by atomic mass is 16.5. The van der Waals surface area contributed by atoms with E-state index in [1.54, 1.807) is 6.92 Å². The summed E-state index contributed by atoms with van der Waals surface area (Å²) in [4.78, 5) is 4.21. The van der Waals surface area contributed by atoms with Crippen molar-refractivity contribution in [1.82, 2.24) is 25.2 Å². The molecule has 6 nitrogen and oxygen atoms in total. The fraction of sp³-hybridized carbons (Fsp3) is 0.615. The van der Waals surface area contributed by atoms with E-state index in [2.05, 4.69) is 34.4 Å². The molecular formula is C13H21N5O. The fourth-order valence-corrected chi connectivity index (χ4v) is 2.07. The van der Waals surface area contributed by atoms with E-state index in [0.29, 0.717) is 18.3 Å². The second-order valence-corrected chi connectivity index (χ2v) is 4.71. The second kappa shape index (κ2) is 5.97. The summed E-state index contributed by atoms with van der Waals surface area (Å²) >= 11 is 0. The second-order valence-electron chi connectivity index (χ2n) is 4.71. The lowest BCUT2D eigenvalue weighted by molar-refractivity contribution is 0.385. The van der Waals surface area contributed by atoms with E-state index in [1.807, 2.05) is 11.6 Å². The van der Waals surface area contributed by atoms with Gasteiger partial charge in [-0.15, -0.1) is 0 Å². The summed E-state index contributed by atoms with van der Waals surface area (Å²) in [5, 5.41) is 11.9. The molecule has 0 saturated carbocycles. The molecule has 0 saturated heterocycles. The van der Waals surface area contributed by atoms with Crippen LogP contribution in [0.5, 0.6) is 0 Å². The Labute approximate surface area is 113 Å². The number of nitrogens with one attached hydrogen (secondary N) is 1. The number of rotatable bonds is 6. The van der Waals surface area contributed by atoms with Crippen LogP contribution >= 0.6 is 0 Å². The van der Waals surface area contributed by atoms with Crippen LogP contribution in [0.3, 0.4) is 0 Å². The van der Waals surface area contributed by atoms with Crippen molar-refractivity contribution in [3.05, 3.63) is 28.7 Å². The summed E-state index contributed by atoms with van der Waals surface area (Å²) in [6.45, 7) is 10.5. The van der Waals surface area contributed by atoms with Crippen LogP contribution in [0.2, 0.25) is 0 Å². The van der Waals surface area contributed by atoms with Crippen molar-refractivity contribution < 1.29 is 4.52 Å². The van der Waals surface area contributed by atoms with Crippen molar-refractivity contribution in [3.8, 4) is 0 Å². The third-order valence-corrected chi connectivity index (χ3v) is 3.12. The average molecular weight is 263 g/mol. The molecule has 1 N–H and O–H groups in total. The van der Waals surface area contributed by atoms with Gasteiger partial charge in [-0.3, -0.25) is 4.68 Å². The Morgan fingerprint density at radius 2 is 2.05 bits per heavy atom. The van der Waals surface area contributed by atoms with Crippen molar-refractivity contribution in [2.45, 2.75) is 47.2 Å². The van der Waals surface area contributed by atoms with Crippen molar-refractivity contribution in [3.63, 3.8) is 0 Å². The zero-order valence-corrected chi connectivity index (χ0v) is 12.0. The first kappa shape index (κ1) is 13.7. The van der Waals surface area contributed by atoms with Crippen molar-refractivity contribution >= 4 is 0 Å². The minimum atomic E-state index is 0.553. The molecule has 19 heavy (non-hydrogen) atoms. The highest BCUT2D eigenvalue weighted by Crippen LogP contribution is 2.13. The van der Waals surface area contributed by atoms with Gasteiger partial charge >= 0.3 is 0 Å². The molecule has 2 rings (SSSR count). The normalized spacial score (nSPS) is 11.2. The molecule has 0 aliphatic carbocycles. The Hall–Kier alpha value is -1.69. The van der Waals surface area contributed by atoms with Gasteiger partial charge < -0.3 is 9.84 Å². The quantitative estimate of drug-likeness (QED) is 0.804. The summed E-state index contributed by atoms with van der Waals surface area (Å²) in [6, 6.07) is 0. The Bertz CT molecular complexity index is 543. The molecule has 0 aliphatic rings. The molecule has 0 amide bonds. The van der Waals surface area contributed by atoms with E-state index in [9.17, 15) is 0 Å². The molecule has 0 spiro atoms. The topological polar surface area (TPSA) is 68.8 Å². The van der Waals surface area contributed by atoms with E-state index in [1.165, 1.54) is 5.56 Å². The predicted molar refractivity (Wildman–Crippen MR) is 71.8 cm³/mol. The minimum Gasteiger partial charge on any atom is -0.340 e. The average Bonchev–Trinajstić information content (AvgIpc) is 2.88. The lowest BCUT2D eigenvalue weighted by Crippen LogP contribution is -2.15. The van der Waals surface area contributed by atoms with Gasteiger partial charge in [0.2, 0.25) is 5.89 Å². The standard InChI is InChI=1S/C13H21N5O/c1-5-6-14-7-12-9(2)16-18(10(12)3)8-13-15-11(4)19-17-13/h14H,5-8H2,1-4H3. The van der Waals surface area contributed by atoms with Crippen LogP contribution in [0.1, 0.15) is 42.0 Å². The van der Waals surface area contributed by atoms with Gasteiger partial charge in [0.05, 0.1) is 5.69 Å². The maximum Gasteiger partial charge on any atom is 0.223 e. The first-order valence-electron chi connectivity index (χ1n) is 6.64. The van der Waals surface area contributed by atoms with Crippen LogP contribution in [0.15, 0.2) is 4.52 Å². The molecule has 0 aromatic carbocycles. The maximum atomic E-state index is 4.98. The maximum absolute atomic E-state index is 4.98. The number of nitrogens with zero attached hydrogens (tertiary/aromatic N) is 4. The molecule has 2 heterocycles. The number of aryl methyl sites for hydroxylation is 2. The van der Waals surface area contributed by atoms with Gasteiger partial charge in [0.25, 0.3) is 0 Å². The van der Waals surface area contributed by atoms with Crippen LogP contribution in [0, 0.1) is 20.8 Å². The zero-order valence-electron chi connectivity index (χ0n) is 12.0. The number of hydrogen-bond acceptors (Lipinski definition) is 5. The lowest BCUT2D eigenvalue weighted by Gasteiger charge is -2.04. The van der Waals surface area contributed by atoms with Gasteiger partial charge in [-0.1, -0.05) is 12.1 Å². The molecule has 2 aromatic rings. The third kappa shape index (κ3) is 3.20. The molecule has 6 heteroatoms. The van der Waals surface area contributed by atoms with Crippen LogP contribution in [-0.4, -0.2) is 26.5 Å². The summed E-state index contributed by atoms with van der Waals surface area (Å²) in [5.74, 6) is 1.25. The highest BCUT2D eigenvalue weighted by Gasteiger charge is 2.13. The SMILES string of the molecule is CCCNCc1c(C)nn(Cc2noc(C)n2)c1C. The first-order chi connectivity index (χ1) is 9.11.